The van der Waals surface area contributed by atoms with E-state index in [9.17, 15) is 4.79 Å². The van der Waals surface area contributed by atoms with E-state index in [0.717, 1.165) is 16.7 Å². The molecule has 4 rings (SSSR count). The van der Waals surface area contributed by atoms with Crippen LogP contribution in [0.1, 0.15) is 56.3 Å². The van der Waals surface area contributed by atoms with E-state index < -0.39 is 5.97 Å². The number of fused-ring (bicyclic) bond motifs is 1. The molecule has 5 heteroatoms. The third kappa shape index (κ3) is 5.33. The number of nitrogens with zero attached hydrogens (tertiary/aromatic N) is 1. The molecule has 0 spiro atoms. The first-order valence-corrected chi connectivity index (χ1v) is 9.48. The average Bonchev–Trinajstić information content (AvgIpc) is 3.05. The second-order valence-electron chi connectivity index (χ2n) is 7.83. The first kappa shape index (κ1) is 19.0. The fourth-order valence-electron chi connectivity index (χ4n) is 3.35. The van der Waals surface area contributed by atoms with Crippen LogP contribution in [0.4, 0.5) is 11.6 Å². The molecule has 0 atom stereocenters. The van der Waals surface area contributed by atoms with Crippen molar-refractivity contribution in [3.63, 3.8) is 0 Å². The highest BCUT2D eigenvalue weighted by atomic mass is 16.4. The van der Waals surface area contributed by atoms with E-state index in [1.807, 2.05) is 24.3 Å². The van der Waals surface area contributed by atoms with Crippen LogP contribution in [0.25, 0.3) is 11.0 Å². The molecule has 0 aliphatic heterocycles. The smallest absolute Gasteiger partial charge is 0.335 e. The quantitative estimate of drug-likeness (QED) is 0.533. The summed E-state index contributed by atoms with van der Waals surface area (Å²) < 4.78 is 0. The second-order valence-corrected chi connectivity index (χ2v) is 7.83. The van der Waals surface area contributed by atoms with Gasteiger partial charge in [0.25, 0.3) is 0 Å². The van der Waals surface area contributed by atoms with Crippen molar-refractivity contribution in [3.8, 4) is 0 Å². The molecule has 3 N–H and O–H groups in total. The van der Waals surface area contributed by atoms with Gasteiger partial charge in [0.1, 0.15) is 0 Å². The lowest BCUT2D eigenvalue weighted by molar-refractivity contribution is 0.0697. The number of carboxylic acids is 1. The van der Waals surface area contributed by atoms with Crippen LogP contribution >= 0.6 is 0 Å². The minimum atomic E-state index is -0.935. The SMILES string of the molecule is CC1(C)CCCCC1.O=C(O)c1ccc(Nc2nc3ccccc3[nH]2)cc1. The number of imidazole rings is 1. The highest BCUT2D eigenvalue weighted by Crippen LogP contribution is 2.34. The normalized spacial score (nSPS) is 15.6. The van der Waals surface area contributed by atoms with Crippen molar-refractivity contribution in [2.24, 2.45) is 5.41 Å². The number of benzene rings is 2. The fourth-order valence-corrected chi connectivity index (χ4v) is 3.35. The van der Waals surface area contributed by atoms with Crippen LogP contribution in [0.15, 0.2) is 48.5 Å². The number of aromatic nitrogens is 2. The van der Waals surface area contributed by atoms with Crippen LogP contribution in [-0.2, 0) is 0 Å². The van der Waals surface area contributed by atoms with Crippen molar-refractivity contribution in [1.82, 2.24) is 9.97 Å². The molecule has 1 aromatic heterocycles. The summed E-state index contributed by atoms with van der Waals surface area (Å²) in [5.41, 5.74) is 3.55. The average molecular weight is 365 g/mol. The van der Waals surface area contributed by atoms with Gasteiger partial charge in [0, 0.05) is 5.69 Å². The van der Waals surface area contributed by atoms with Gasteiger partial charge in [-0.25, -0.2) is 9.78 Å². The summed E-state index contributed by atoms with van der Waals surface area (Å²) in [6, 6.07) is 14.2. The van der Waals surface area contributed by atoms with E-state index in [1.165, 1.54) is 32.1 Å². The number of nitrogens with one attached hydrogen (secondary N) is 2. The van der Waals surface area contributed by atoms with Gasteiger partial charge in [-0.15, -0.1) is 0 Å². The van der Waals surface area contributed by atoms with E-state index in [-0.39, 0.29) is 5.56 Å². The van der Waals surface area contributed by atoms with Crippen molar-refractivity contribution in [2.75, 3.05) is 5.32 Å². The number of hydrogen-bond donors (Lipinski definition) is 3. The molecule has 142 valence electrons. The Kier molecular flexibility index (Phi) is 5.79. The summed E-state index contributed by atoms with van der Waals surface area (Å²) in [5.74, 6) is -0.306. The number of carbonyl (C=O) groups is 1. The Labute approximate surface area is 159 Å². The number of aromatic amines is 1. The van der Waals surface area contributed by atoms with Gasteiger partial charge >= 0.3 is 5.97 Å². The molecule has 1 aliphatic rings. The molecule has 2 aromatic carbocycles. The maximum atomic E-state index is 10.7. The zero-order valence-electron chi connectivity index (χ0n) is 16.0. The molecule has 0 bridgehead atoms. The molecule has 1 fully saturated rings. The monoisotopic (exact) mass is 365 g/mol. The summed E-state index contributed by atoms with van der Waals surface area (Å²) >= 11 is 0. The molecule has 0 saturated heterocycles. The van der Waals surface area contributed by atoms with Crippen LogP contribution < -0.4 is 5.32 Å². The highest BCUT2D eigenvalue weighted by Gasteiger charge is 2.19. The molecule has 5 nitrogen and oxygen atoms in total. The van der Waals surface area contributed by atoms with Crippen LogP contribution in [0.3, 0.4) is 0 Å². The van der Waals surface area contributed by atoms with E-state index in [0.29, 0.717) is 11.4 Å². The lowest BCUT2D eigenvalue weighted by atomic mass is 9.78. The number of anilines is 2. The third-order valence-electron chi connectivity index (χ3n) is 4.99. The van der Waals surface area contributed by atoms with Crippen LogP contribution in [0, 0.1) is 5.41 Å². The Morgan fingerprint density at radius 2 is 1.70 bits per heavy atom. The lowest BCUT2D eigenvalue weighted by Gasteiger charge is -2.28. The molecule has 1 heterocycles. The zero-order chi connectivity index (χ0) is 19.3. The lowest BCUT2D eigenvalue weighted by Crippen LogP contribution is -2.14. The summed E-state index contributed by atoms with van der Waals surface area (Å²) in [6.07, 6.45) is 7.31. The van der Waals surface area contributed by atoms with Gasteiger partial charge in [-0.1, -0.05) is 45.2 Å². The maximum absolute atomic E-state index is 10.7. The summed E-state index contributed by atoms with van der Waals surface area (Å²) in [7, 11) is 0. The molecule has 1 saturated carbocycles. The van der Waals surface area contributed by atoms with Crippen LogP contribution in [-0.4, -0.2) is 21.0 Å². The number of hydrogen-bond acceptors (Lipinski definition) is 3. The number of aromatic carboxylic acids is 1. The summed E-state index contributed by atoms with van der Waals surface area (Å²) in [5, 5.41) is 11.9. The van der Waals surface area contributed by atoms with Crippen molar-refractivity contribution in [2.45, 2.75) is 46.0 Å². The Morgan fingerprint density at radius 3 is 2.26 bits per heavy atom. The van der Waals surface area contributed by atoms with Gasteiger partial charge in [-0.2, -0.15) is 0 Å². The molecule has 3 aromatic rings. The number of rotatable bonds is 3. The number of para-hydroxylation sites is 2. The van der Waals surface area contributed by atoms with Gasteiger partial charge < -0.3 is 15.4 Å². The third-order valence-corrected chi connectivity index (χ3v) is 4.99. The van der Waals surface area contributed by atoms with Crippen molar-refractivity contribution in [3.05, 3.63) is 54.1 Å². The Balaban J connectivity index is 0.000000221. The van der Waals surface area contributed by atoms with Crippen LogP contribution in [0.5, 0.6) is 0 Å². The first-order valence-electron chi connectivity index (χ1n) is 9.48. The second kappa shape index (κ2) is 8.25. The molecule has 0 radical (unpaired) electrons. The van der Waals surface area contributed by atoms with Gasteiger partial charge in [-0.3, -0.25) is 0 Å². The van der Waals surface area contributed by atoms with Gasteiger partial charge in [0.15, 0.2) is 0 Å². The van der Waals surface area contributed by atoms with E-state index >= 15 is 0 Å². The van der Waals surface area contributed by atoms with Gasteiger partial charge in [-0.05, 0) is 54.7 Å². The molecule has 1 aliphatic carbocycles. The highest BCUT2D eigenvalue weighted by molar-refractivity contribution is 5.88. The van der Waals surface area contributed by atoms with E-state index in [1.54, 1.807) is 24.3 Å². The Bertz CT molecular complexity index is 856. The Morgan fingerprint density at radius 1 is 1.04 bits per heavy atom. The van der Waals surface area contributed by atoms with Gasteiger partial charge in [0.2, 0.25) is 5.95 Å². The topological polar surface area (TPSA) is 78.0 Å². The molecular weight excluding hydrogens is 338 g/mol. The Hall–Kier alpha value is -2.82. The molecule has 27 heavy (non-hydrogen) atoms. The summed E-state index contributed by atoms with van der Waals surface area (Å²) in [4.78, 5) is 18.3. The minimum absolute atomic E-state index is 0.259. The van der Waals surface area contributed by atoms with Crippen molar-refractivity contribution in [1.29, 1.82) is 0 Å². The summed E-state index contributed by atoms with van der Waals surface area (Å²) in [6.45, 7) is 4.76. The zero-order valence-corrected chi connectivity index (χ0v) is 16.0. The predicted octanol–water partition coefficient (Wildman–Crippen LogP) is 5.98. The molecular formula is C22H27N3O2. The fraction of sp³-hybridized carbons (Fsp3) is 0.364. The van der Waals surface area contributed by atoms with Crippen LogP contribution in [0.2, 0.25) is 0 Å². The number of H-pyrrole nitrogens is 1. The van der Waals surface area contributed by atoms with Gasteiger partial charge in [0.05, 0.1) is 16.6 Å². The van der Waals surface area contributed by atoms with E-state index in [2.05, 4.69) is 29.1 Å². The molecule has 0 unspecified atom stereocenters. The van der Waals surface area contributed by atoms with Crippen molar-refractivity contribution < 1.29 is 9.90 Å². The predicted molar refractivity (Wildman–Crippen MR) is 110 cm³/mol. The standard InChI is InChI=1S/C14H11N3O2.C8H16/c18-13(19)9-5-7-10(8-6-9)15-14-16-11-3-1-2-4-12(11)17-14;1-8(2)6-4-3-5-7-8/h1-8H,(H,18,19)(H2,15,16,17);3-7H2,1-2H3. The first-order chi connectivity index (χ1) is 12.9. The number of carboxylic acid groups (broad SMARTS) is 1. The van der Waals surface area contributed by atoms with E-state index in [4.69, 9.17) is 5.11 Å². The largest absolute Gasteiger partial charge is 0.478 e. The molecule has 0 amide bonds. The minimum Gasteiger partial charge on any atom is -0.478 e. The maximum Gasteiger partial charge on any atom is 0.335 e. The van der Waals surface area contributed by atoms with Crippen molar-refractivity contribution >= 4 is 28.6 Å².